The van der Waals surface area contributed by atoms with Gasteiger partial charge in [-0.3, -0.25) is 5.10 Å². The normalized spacial score (nSPS) is 27.2. The van der Waals surface area contributed by atoms with Gasteiger partial charge in [-0.05, 0) is 25.7 Å². The predicted molar refractivity (Wildman–Crippen MR) is 64.1 cm³/mol. The first kappa shape index (κ1) is 11.6. The van der Waals surface area contributed by atoms with Crippen molar-refractivity contribution in [3.05, 3.63) is 11.6 Å². The van der Waals surface area contributed by atoms with Crippen LogP contribution in [0.25, 0.3) is 0 Å². The summed E-state index contributed by atoms with van der Waals surface area (Å²) in [4.78, 5) is 4.47. The van der Waals surface area contributed by atoms with Gasteiger partial charge in [-0.25, -0.2) is 4.98 Å². The van der Waals surface area contributed by atoms with Crippen molar-refractivity contribution < 1.29 is 0 Å². The second-order valence-corrected chi connectivity index (χ2v) is 4.90. The maximum atomic E-state index is 4.47. The lowest BCUT2D eigenvalue weighted by molar-refractivity contribution is 0.381. The Morgan fingerprint density at radius 3 is 2.88 bits per heavy atom. The van der Waals surface area contributed by atoms with E-state index >= 15 is 0 Å². The van der Waals surface area contributed by atoms with Crippen molar-refractivity contribution in [2.24, 2.45) is 5.92 Å². The lowest BCUT2D eigenvalue weighted by Gasteiger charge is -2.20. The Morgan fingerprint density at radius 2 is 2.31 bits per heavy atom. The Morgan fingerprint density at radius 1 is 1.50 bits per heavy atom. The Kier molecular flexibility index (Phi) is 3.59. The molecule has 1 heterocycles. The molecule has 16 heavy (non-hydrogen) atoms. The molecule has 0 aliphatic heterocycles. The van der Waals surface area contributed by atoms with Crippen LogP contribution in [0.3, 0.4) is 0 Å². The van der Waals surface area contributed by atoms with Gasteiger partial charge in [0.15, 0.2) is 5.82 Å². The highest BCUT2D eigenvalue weighted by atomic mass is 15.2. The predicted octanol–water partition coefficient (Wildman–Crippen LogP) is 2.21. The lowest BCUT2D eigenvalue weighted by Crippen LogP contribution is -2.33. The molecule has 3 atom stereocenters. The van der Waals surface area contributed by atoms with E-state index in [4.69, 9.17) is 0 Å². The SMILES string of the molecule is CCc1nc(C(C)NC2CCCC2C)n[nH]1. The standard InChI is InChI=1S/C12H22N4/c1-4-11-14-12(16-15-11)9(3)13-10-7-5-6-8(10)2/h8-10,13H,4-7H2,1-3H3,(H,14,15,16). The van der Waals surface area contributed by atoms with E-state index < -0.39 is 0 Å². The molecule has 0 amide bonds. The van der Waals surface area contributed by atoms with E-state index in [9.17, 15) is 0 Å². The highest BCUT2D eigenvalue weighted by molar-refractivity contribution is 4.97. The third-order valence-corrected chi connectivity index (χ3v) is 3.60. The number of nitrogens with zero attached hydrogens (tertiary/aromatic N) is 2. The van der Waals surface area contributed by atoms with E-state index in [0.717, 1.165) is 24.0 Å². The number of aromatic nitrogens is 3. The van der Waals surface area contributed by atoms with Crippen LogP contribution in [0.4, 0.5) is 0 Å². The van der Waals surface area contributed by atoms with E-state index in [-0.39, 0.29) is 6.04 Å². The molecule has 1 aromatic rings. The summed E-state index contributed by atoms with van der Waals surface area (Å²) >= 11 is 0. The molecule has 90 valence electrons. The van der Waals surface area contributed by atoms with Crippen LogP contribution in [0.15, 0.2) is 0 Å². The Balaban J connectivity index is 1.94. The minimum atomic E-state index is 0.252. The number of hydrogen-bond acceptors (Lipinski definition) is 3. The number of aromatic amines is 1. The summed E-state index contributed by atoms with van der Waals surface area (Å²) in [5.74, 6) is 2.66. The van der Waals surface area contributed by atoms with Crippen molar-refractivity contribution >= 4 is 0 Å². The third-order valence-electron chi connectivity index (χ3n) is 3.60. The summed E-state index contributed by atoms with van der Waals surface area (Å²) in [5, 5.41) is 10.9. The Labute approximate surface area is 97.2 Å². The van der Waals surface area contributed by atoms with Gasteiger partial charge in [0.2, 0.25) is 0 Å². The van der Waals surface area contributed by atoms with Gasteiger partial charge in [0.1, 0.15) is 5.82 Å². The zero-order chi connectivity index (χ0) is 11.5. The van der Waals surface area contributed by atoms with Crippen molar-refractivity contribution in [3.63, 3.8) is 0 Å². The van der Waals surface area contributed by atoms with Gasteiger partial charge in [-0.1, -0.05) is 20.3 Å². The second kappa shape index (κ2) is 4.95. The molecule has 4 heteroatoms. The van der Waals surface area contributed by atoms with Crippen LogP contribution in [-0.2, 0) is 6.42 Å². The highest BCUT2D eigenvalue weighted by Gasteiger charge is 2.25. The zero-order valence-corrected chi connectivity index (χ0v) is 10.5. The molecule has 0 radical (unpaired) electrons. The third kappa shape index (κ3) is 2.43. The van der Waals surface area contributed by atoms with E-state index in [1.807, 2.05) is 0 Å². The average Bonchev–Trinajstić information content (AvgIpc) is 2.88. The molecule has 0 aromatic carbocycles. The van der Waals surface area contributed by atoms with Gasteiger partial charge in [0.25, 0.3) is 0 Å². The van der Waals surface area contributed by atoms with Crippen molar-refractivity contribution in [2.45, 2.75) is 58.5 Å². The van der Waals surface area contributed by atoms with Crippen LogP contribution in [0.2, 0.25) is 0 Å². The first-order valence-corrected chi connectivity index (χ1v) is 6.38. The van der Waals surface area contributed by atoms with E-state index in [2.05, 4.69) is 41.3 Å². The van der Waals surface area contributed by atoms with Crippen molar-refractivity contribution in [1.82, 2.24) is 20.5 Å². The molecule has 0 spiro atoms. The molecule has 1 saturated carbocycles. The first-order valence-electron chi connectivity index (χ1n) is 6.38. The summed E-state index contributed by atoms with van der Waals surface area (Å²) in [5.41, 5.74) is 0. The van der Waals surface area contributed by atoms with Crippen LogP contribution in [0.1, 0.15) is 57.7 Å². The molecule has 3 unspecified atom stereocenters. The summed E-state index contributed by atoms with van der Waals surface area (Å²) in [7, 11) is 0. The van der Waals surface area contributed by atoms with Gasteiger partial charge < -0.3 is 5.32 Å². The minimum absolute atomic E-state index is 0.252. The van der Waals surface area contributed by atoms with Gasteiger partial charge >= 0.3 is 0 Å². The highest BCUT2D eigenvalue weighted by Crippen LogP contribution is 2.26. The molecule has 2 rings (SSSR count). The summed E-state index contributed by atoms with van der Waals surface area (Å²) in [6, 6.07) is 0.890. The topological polar surface area (TPSA) is 53.6 Å². The van der Waals surface area contributed by atoms with E-state index in [1.54, 1.807) is 0 Å². The van der Waals surface area contributed by atoms with E-state index in [1.165, 1.54) is 19.3 Å². The second-order valence-electron chi connectivity index (χ2n) is 4.90. The van der Waals surface area contributed by atoms with Crippen LogP contribution in [0, 0.1) is 5.92 Å². The maximum Gasteiger partial charge on any atom is 0.167 e. The van der Waals surface area contributed by atoms with Crippen LogP contribution in [-0.4, -0.2) is 21.2 Å². The van der Waals surface area contributed by atoms with Crippen LogP contribution < -0.4 is 5.32 Å². The number of nitrogens with one attached hydrogen (secondary N) is 2. The van der Waals surface area contributed by atoms with Crippen molar-refractivity contribution in [3.8, 4) is 0 Å². The fourth-order valence-electron chi connectivity index (χ4n) is 2.45. The number of H-pyrrole nitrogens is 1. The maximum absolute atomic E-state index is 4.47. The van der Waals surface area contributed by atoms with Crippen molar-refractivity contribution in [2.75, 3.05) is 0 Å². The molecule has 4 nitrogen and oxygen atoms in total. The lowest BCUT2D eigenvalue weighted by atomic mass is 10.1. The fourth-order valence-corrected chi connectivity index (χ4v) is 2.45. The summed E-state index contributed by atoms with van der Waals surface area (Å²) in [6.45, 7) is 6.56. The molecule has 0 saturated heterocycles. The zero-order valence-electron chi connectivity index (χ0n) is 10.5. The number of aryl methyl sites for hydroxylation is 1. The Bertz CT molecular complexity index is 334. The van der Waals surface area contributed by atoms with Crippen LogP contribution >= 0.6 is 0 Å². The quantitative estimate of drug-likeness (QED) is 0.821. The van der Waals surface area contributed by atoms with E-state index in [0.29, 0.717) is 6.04 Å². The van der Waals surface area contributed by atoms with Crippen molar-refractivity contribution in [1.29, 1.82) is 0 Å². The van der Waals surface area contributed by atoms with Gasteiger partial charge in [0, 0.05) is 12.5 Å². The molecule has 0 bridgehead atoms. The number of rotatable bonds is 4. The summed E-state index contributed by atoms with van der Waals surface area (Å²) in [6.07, 6.45) is 4.90. The van der Waals surface area contributed by atoms with Gasteiger partial charge in [0.05, 0.1) is 6.04 Å². The minimum Gasteiger partial charge on any atom is -0.304 e. The monoisotopic (exact) mass is 222 g/mol. The molecule has 1 aliphatic rings. The average molecular weight is 222 g/mol. The van der Waals surface area contributed by atoms with Gasteiger partial charge in [-0.15, -0.1) is 0 Å². The number of hydrogen-bond donors (Lipinski definition) is 2. The van der Waals surface area contributed by atoms with Gasteiger partial charge in [-0.2, -0.15) is 5.10 Å². The molecule has 1 fully saturated rings. The largest absolute Gasteiger partial charge is 0.304 e. The Hall–Kier alpha value is -0.900. The molecular weight excluding hydrogens is 200 g/mol. The molecular formula is C12H22N4. The molecule has 1 aromatic heterocycles. The smallest absolute Gasteiger partial charge is 0.167 e. The fraction of sp³-hybridized carbons (Fsp3) is 0.833. The summed E-state index contributed by atoms with van der Waals surface area (Å²) < 4.78 is 0. The molecule has 1 aliphatic carbocycles. The van der Waals surface area contributed by atoms with Crippen LogP contribution in [0.5, 0.6) is 0 Å². The molecule has 2 N–H and O–H groups in total. The first-order chi connectivity index (χ1) is 7.70.